The number of likely N-dealkylation sites (tertiary alicyclic amines) is 1. The van der Waals surface area contributed by atoms with E-state index in [9.17, 15) is 15.0 Å². The molecule has 1 fully saturated rings. The number of rotatable bonds is 3. The van der Waals surface area contributed by atoms with E-state index in [-0.39, 0.29) is 23.8 Å². The molecule has 4 heteroatoms. The molecule has 3 unspecified atom stereocenters. The van der Waals surface area contributed by atoms with Gasteiger partial charge in [-0.2, -0.15) is 0 Å². The van der Waals surface area contributed by atoms with Crippen LogP contribution in [-0.2, 0) is 4.79 Å². The Morgan fingerprint density at radius 2 is 2.00 bits per heavy atom. The van der Waals surface area contributed by atoms with Crippen LogP contribution in [0.1, 0.15) is 34.1 Å². The van der Waals surface area contributed by atoms with Crippen LogP contribution < -0.4 is 0 Å². The highest BCUT2D eigenvalue weighted by Crippen LogP contribution is 2.25. The van der Waals surface area contributed by atoms with Gasteiger partial charge in [0.1, 0.15) is 5.60 Å². The first-order valence-electron chi connectivity index (χ1n) is 5.96. The Morgan fingerprint density at radius 1 is 1.44 bits per heavy atom. The van der Waals surface area contributed by atoms with Gasteiger partial charge in [-0.3, -0.25) is 4.79 Å². The van der Waals surface area contributed by atoms with Crippen LogP contribution in [0.5, 0.6) is 0 Å². The van der Waals surface area contributed by atoms with E-state index in [1.165, 1.54) is 0 Å². The molecule has 0 aromatic rings. The maximum Gasteiger partial charge on any atom is 0.254 e. The van der Waals surface area contributed by atoms with Crippen LogP contribution in [-0.4, -0.2) is 45.8 Å². The van der Waals surface area contributed by atoms with Gasteiger partial charge in [0.05, 0.1) is 6.10 Å². The summed E-state index contributed by atoms with van der Waals surface area (Å²) in [5.41, 5.74) is -1.30. The number of carbonyl (C=O) groups is 1. The largest absolute Gasteiger partial charge is 0.393 e. The highest BCUT2D eigenvalue weighted by Gasteiger charge is 2.40. The van der Waals surface area contributed by atoms with Gasteiger partial charge in [-0.1, -0.05) is 13.8 Å². The van der Waals surface area contributed by atoms with Crippen molar-refractivity contribution in [2.45, 2.75) is 45.8 Å². The van der Waals surface area contributed by atoms with Gasteiger partial charge >= 0.3 is 0 Å². The van der Waals surface area contributed by atoms with E-state index in [1.807, 2.05) is 13.8 Å². The molecule has 1 heterocycles. The Morgan fingerprint density at radius 3 is 2.38 bits per heavy atom. The summed E-state index contributed by atoms with van der Waals surface area (Å²) >= 11 is 0. The van der Waals surface area contributed by atoms with Crippen LogP contribution in [0.4, 0.5) is 0 Å². The fourth-order valence-corrected chi connectivity index (χ4v) is 1.93. The highest BCUT2D eigenvalue weighted by atomic mass is 16.3. The molecule has 0 aromatic carbocycles. The molecule has 16 heavy (non-hydrogen) atoms. The van der Waals surface area contributed by atoms with Gasteiger partial charge in [-0.25, -0.2) is 0 Å². The van der Waals surface area contributed by atoms with Crippen molar-refractivity contribution in [2.24, 2.45) is 11.8 Å². The van der Waals surface area contributed by atoms with Gasteiger partial charge in [-0.15, -0.1) is 0 Å². The van der Waals surface area contributed by atoms with E-state index in [2.05, 4.69) is 0 Å². The van der Waals surface area contributed by atoms with Crippen molar-refractivity contribution in [1.29, 1.82) is 0 Å². The first-order valence-corrected chi connectivity index (χ1v) is 5.96. The van der Waals surface area contributed by atoms with Crippen LogP contribution in [0, 0.1) is 11.8 Å². The van der Waals surface area contributed by atoms with E-state index < -0.39 is 5.60 Å². The third-order valence-electron chi connectivity index (χ3n) is 3.75. The molecular formula is C12H23NO3. The third-order valence-corrected chi connectivity index (χ3v) is 3.75. The number of hydrogen-bond donors (Lipinski definition) is 2. The van der Waals surface area contributed by atoms with Crippen LogP contribution in [0.3, 0.4) is 0 Å². The van der Waals surface area contributed by atoms with Crippen molar-refractivity contribution in [3.8, 4) is 0 Å². The van der Waals surface area contributed by atoms with Crippen molar-refractivity contribution in [1.82, 2.24) is 4.90 Å². The molecular weight excluding hydrogens is 206 g/mol. The lowest BCUT2D eigenvalue weighted by atomic mass is 9.91. The fourth-order valence-electron chi connectivity index (χ4n) is 1.93. The molecule has 1 amide bonds. The fraction of sp³-hybridized carbons (Fsp3) is 0.917. The zero-order valence-corrected chi connectivity index (χ0v) is 10.6. The summed E-state index contributed by atoms with van der Waals surface area (Å²) in [6, 6.07) is 0. The summed E-state index contributed by atoms with van der Waals surface area (Å²) in [6.07, 6.45) is 0.430. The first kappa shape index (κ1) is 13.5. The van der Waals surface area contributed by atoms with Crippen molar-refractivity contribution in [3.05, 3.63) is 0 Å². The number of nitrogens with zero attached hydrogens (tertiary/aromatic N) is 1. The molecule has 0 radical (unpaired) electrons. The quantitative estimate of drug-likeness (QED) is 0.746. The standard InChI is InChI=1S/C12H23NO3/c1-8(2)12(4,16)11(15)13-6-5-10(7-13)9(3)14/h8-10,14,16H,5-7H2,1-4H3. The van der Waals surface area contributed by atoms with Crippen LogP contribution in [0.25, 0.3) is 0 Å². The third kappa shape index (κ3) is 2.55. The minimum absolute atomic E-state index is 0.106. The zero-order valence-electron chi connectivity index (χ0n) is 10.6. The van der Waals surface area contributed by atoms with Crippen molar-refractivity contribution < 1.29 is 15.0 Å². The lowest BCUT2D eigenvalue weighted by Crippen LogP contribution is -2.49. The number of aliphatic hydroxyl groups is 2. The molecule has 0 aromatic heterocycles. The molecule has 1 rings (SSSR count). The van der Waals surface area contributed by atoms with Gasteiger partial charge in [0.2, 0.25) is 0 Å². The van der Waals surface area contributed by atoms with Crippen LogP contribution in [0.15, 0.2) is 0 Å². The molecule has 0 aliphatic carbocycles. The second kappa shape index (κ2) is 4.72. The lowest BCUT2D eigenvalue weighted by Gasteiger charge is -2.31. The molecule has 3 atom stereocenters. The molecule has 0 spiro atoms. The average molecular weight is 229 g/mol. The smallest absolute Gasteiger partial charge is 0.254 e. The summed E-state index contributed by atoms with van der Waals surface area (Å²) in [5.74, 6) is -0.178. The van der Waals surface area contributed by atoms with E-state index in [4.69, 9.17) is 0 Å². The van der Waals surface area contributed by atoms with E-state index in [1.54, 1.807) is 18.7 Å². The molecule has 0 bridgehead atoms. The maximum atomic E-state index is 12.1. The second-order valence-electron chi connectivity index (χ2n) is 5.34. The Balaban J connectivity index is 2.64. The van der Waals surface area contributed by atoms with Gasteiger partial charge in [0.25, 0.3) is 5.91 Å². The lowest BCUT2D eigenvalue weighted by molar-refractivity contribution is -0.153. The monoisotopic (exact) mass is 229 g/mol. The number of amides is 1. The summed E-state index contributed by atoms with van der Waals surface area (Å²) in [5, 5.41) is 19.6. The van der Waals surface area contributed by atoms with E-state index in [0.29, 0.717) is 13.1 Å². The maximum absolute atomic E-state index is 12.1. The predicted molar refractivity (Wildman–Crippen MR) is 61.8 cm³/mol. The normalized spacial score (nSPS) is 26.9. The molecule has 0 saturated carbocycles. The first-order chi connectivity index (χ1) is 7.26. The van der Waals surface area contributed by atoms with Crippen LogP contribution in [0.2, 0.25) is 0 Å². The second-order valence-corrected chi connectivity index (χ2v) is 5.34. The van der Waals surface area contributed by atoms with E-state index >= 15 is 0 Å². The SMILES string of the molecule is CC(O)C1CCN(C(=O)C(C)(O)C(C)C)C1. The Labute approximate surface area is 97.3 Å². The predicted octanol–water partition coefficient (Wildman–Crippen LogP) is 0.623. The number of hydrogen-bond acceptors (Lipinski definition) is 3. The Kier molecular flexibility index (Phi) is 3.97. The molecule has 2 N–H and O–H groups in total. The van der Waals surface area contributed by atoms with Crippen molar-refractivity contribution in [2.75, 3.05) is 13.1 Å². The molecule has 4 nitrogen and oxygen atoms in total. The number of aliphatic hydroxyl groups excluding tert-OH is 1. The molecule has 94 valence electrons. The zero-order chi connectivity index (χ0) is 12.5. The summed E-state index contributed by atoms with van der Waals surface area (Å²) in [4.78, 5) is 13.7. The van der Waals surface area contributed by atoms with Crippen molar-refractivity contribution in [3.63, 3.8) is 0 Å². The number of carbonyl (C=O) groups excluding carboxylic acids is 1. The van der Waals surface area contributed by atoms with Gasteiger partial charge in [0, 0.05) is 19.0 Å². The van der Waals surface area contributed by atoms with Crippen molar-refractivity contribution >= 4 is 5.91 Å². The van der Waals surface area contributed by atoms with Gasteiger partial charge in [-0.05, 0) is 26.2 Å². The van der Waals surface area contributed by atoms with Gasteiger partial charge in [0.15, 0.2) is 0 Å². The topological polar surface area (TPSA) is 60.8 Å². The Bertz CT molecular complexity index is 261. The Hall–Kier alpha value is -0.610. The van der Waals surface area contributed by atoms with E-state index in [0.717, 1.165) is 6.42 Å². The average Bonchev–Trinajstić information content (AvgIpc) is 2.64. The molecule has 1 aliphatic rings. The molecule has 1 aliphatic heterocycles. The summed E-state index contributed by atoms with van der Waals surface area (Å²) in [6.45, 7) is 8.17. The van der Waals surface area contributed by atoms with Crippen LogP contribution >= 0.6 is 0 Å². The molecule has 1 saturated heterocycles. The summed E-state index contributed by atoms with van der Waals surface area (Å²) in [7, 11) is 0. The minimum atomic E-state index is -1.30. The highest BCUT2D eigenvalue weighted by molar-refractivity contribution is 5.85. The summed E-state index contributed by atoms with van der Waals surface area (Å²) < 4.78 is 0. The van der Waals surface area contributed by atoms with Gasteiger partial charge < -0.3 is 15.1 Å². The minimum Gasteiger partial charge on any atom is -0.393 e.